The van der Waals surface area contributed by atoms with Crippen LogP contribution >= 0.6 is 10.7 Å². The predicted molar refractivity (Wildman–Crippen MR) is 51.5 cm³/mol. The number of rotatable bonds is 2. The Balaban J connectivity index is 3.40. The number of alkyl halides is 3. The Bertz CT molecular complexity index is 494. The molecule has 1 unspecified atom stereocenters. The fraction of sp³-hybridized carbons (Fsp3) is 0.571. The minimum absolute atomic E-state index is 0.0194. The monoisotopic (exact) mass is 276 g/mol. The second kappa shape index (κ2) is 3.92. The quantitative estimate of drug-likeness (QED) is 0.775. The lowest BCUT2D eigenvalue weighted by molar-refractivity contribution is -0.131. The predicted octanol–water partition coefficient (Wildman–Crippen LogP) is 1.90. The Morgan fingerprint density at radius 1 is 1.50 bits per heavy atom. The Kier molecular flexibility index (Phi) is 3.26. The number of aromatic nitrogens is 2. The van der Waals surface area contributed by atoms with Gasteiger partial charge in [0.1, 0.15) is 0 Å². The van der Waals surface area contributed by atoms with E-state index < -0.39 is 26.0 Å². The van der Waals surface area contributed by atoms with E-state index in [4.69, 9.17) is 10.7 Å². The minimum Gasteiger partial charge on any atom is -0.275 e. The standard InChI is InChI=1S/C7H8ClF3N2O2S/c1-4-5(3-13(2)12-4)6(7(9,10)11)16(8,14)15/h3,6H,1-2H3. The zero-order valence-corrected chi connectivity index (χ0v) is 9.86. The average Bonchev–Trinajstić information content (AvgIpc) is 2.23. The Morgan fingerprint density at radius 3 is 2.25 bits per heavy atom. The Morgan fingerprint density at radius 2 is 2.00 bits per heavy atom. The second-order valence-electron chi connectivity index (χ2n) is 3.24. The smallest absolute Gasteiger partial charge is 0.275 e. The van der Waals surface area contributed by atoms with Crippen molar-refractivity contribution in [1.29, 1.82) is 0 Å². The van der Waals surface area contributed by atoms with Crippen LogP contribution in [0.2, 0.25) is 0 Å². The summed E-state index contributed by atoms with van der Waals surface area (Å²) in [6.07, 6.45) is -3.97. The fourth-order valence-electron chi connectivity index (χ4n) is 1.36. The topological polar surface area (TPSA) is 52.0 Å². The molecule has 92 valence electrons. The maximum atomic E-state index is 12.6. The van der Waals surface area contributed by atoms with Gasteiger partial charge in [0.05, 0.1) is 5.69 Å². The van der Waals surface area contributed by atoms with Crippen molar-refractivity contribution in [2.75, 3.05) is 0 Å². The molecule has 4 nitrogen and oxygen atoms in total. The summed E-state index contributed by atoms with van der Waals surface area (Å²) in [5.74, 6) is 0. The summed E-state index contributed by atoms with van der Waals surface area (Å²) in [5.41, 5.74) is -0.473. The molecule has 1 rings (SSSR count). The number of aryl methyl sites for hydroxylation is 2. The largest absolute Gasteiger partial charge is 0.410 e. The van der Waals surface area contributed by atoms with Gasteiger partial charge in [0.15, 0.2) is 5.25 Å². The lowest BCUT2D eigenvalue weighted by atomic mass is 10.2. The molecular weight excluding hydrogens is 269 g/mol. The Hall–Kier alpha value is -0.760. The maximum Gasteiger partial charge on any atom is 0.410 e. The van der Waals surface area contributed by atoms with Gasteiger partial charge in [-0.05, 0) is 6.92 Å². The highest BCUT2D eigenvalue weighted by Crippen LogP contribution is 2.41. The second-order valence-corrected chi connectivity index (χ2v) is 5.95. The van der Waals surface area contributed by atoms with Crippen LogP contribution in [0.5, 0.6) is 0 Å². The lowest BCUT2D eigenvalue weighted by Crippen LogP contribution is -2.26. The van der Waals surface area contributed by atoms with Crippen LogP contribution in [0.1, 0.15) is 16.5 Å². The molecule has 0 aliphatic carbocycles. The molecular formula is C7H8ClF3N2O2S. The average molecular weight is 277 g/mol. The van der Waals surface area contributed by atoms with Crippen molar-refractivity contribution >= 4 is 19.7 Å². The molecule has 1 heterocycles. The first-order valence-electron chi connectivity index (χ1n) is 4.04. The van der Waals surface area contributed by atoms with Crippen LogP contribution in [-0.4, -0.2) is 24.4 Å². The van der Waals surface area contributed by atoms with Gasteiger partial charge in [-0.1, -0.05) is 0 Å². The summed E-state index contributed by atoms with van der Waals surface area (Å²) in [6.45, 7) is 1.29. The molecule has 0 fully saturated rings. The summed E-state index contributed by atoms with van der Waals surface area (Å²) < 4.78 is 60.8. The van der Waals surface area contributed by atoms with Crippen molar-refractivity contribution in [3.05, 3.63) is 17.5 Å². The third-order valence-electron chi connectivity index (χ3n) is 1.91. The molecule has 0 saturated heterocycles. The third-order valence-corrected chi connectivity index (χ3v) is 3.53. The van der Waals surface area contributed by atoms with Gasteiger partial charge in [0.2, 0.25) is 9.05 Å². The molecule has 0 amide bonds. The van der Waals surface area contributed by atoms with E-state index in [2.05, 4.69) is 5.10 Å². The van der Waals surface area contributed by atoms with E-state index in [-0.39, 0.29) is 5.69 Å². The van der Waals surface area contributed by atoms with E-state index in [0.717, 1.165) is 10.9 Å². The SMILES string of the molecule is Cc1nn(C)cc1C(C(F)(F)F)S(=O)(=O)Cl. The minimum atomic E-state index is -4.96. The van der Waals surface area contributed by atoms with E-state index in [0.29, 0.717) is 0 Å². The van der Waals surface area contributed by atoms with Crippen molar-refractivity contribution in [3.63, 3.8) is 0 Å². The molecule has 0 bridgehead atoms. The first-order valence-corrected chi connectivity index (χ1v) is 6.41. The molecule has 0 N–H and O–H groups in total. The van der Waals surface area contributed by atoms with Gasteiger partial charge in [-0.25, -0.2) is 8.42 Å². The molecule has 0 aliphatic heterocycles. The normalized spacial score (nSPS) is 15.1. The van der Waals surface area contributed by atoms with Gasteiger partial charge >= 0.3 is 6.18 Å². The molecule has 1 aromatic heterocycles. The van der Waals surface area contributed by atoms with Gasteiger partial charge < -0.3 is 0 Å². The molecule has 0 spiro atoms. The molecule has 1 atom stereocenters. The van der Waals surface area contributed by atoms with E-state index in [1.807, 2.05) is 0 Å². The van der Waals surface area contributed by atoms with Crippen LogP contribution < -0.4 is 0 Å². The van der Waals surface area contributed by atoms with Gasteiger partial charge in [0.25, 0.3) is 0 Å². The highest BCUT2D eigenvalue weighted by molar-refractivity contribution is 8.14. The van der Waals surface area contributed by atoms with Crippen LogP contribution in [0.15, 0.2) is 6.20 Å². The van der Waals surface area contributed by atoms with E-state index in [1.165, 1.54) is 14.0 Å². The molecule has 9 heteroatoms. The molecule has 0 radical (unpaired) electrons. The molecule has 0 aromatic carbocycles. The highest BCUT2D eigenvalue weighted by atomic mass is 35.7. The number of halogens is 4. The summed E-state index contributed by atoms with van der Waals surface area (Å²) in [4.78, 5) is 0. The van der Waals surface area contributed by atoms with E-state index >= 15 is 0 Å². The summed E-state index contributed by atoms with van der Waals surface area (Å²) in [7, 11) is 1.42. The summed E-state index contributed by atoms with van der Waals surface area (Å²) in [5, 5.41) is 0.912. The van der Waals surface area contributed by atoms with Crippen molar-refractivity contribution < 1.29 is 21.6 Å². The van der Waals surface area contributed by atoms with Gasteiger partial charge in [-0.3, -0.25) is 4.68 Å². The van der Waals surface area contributed by atoms with Gasteiger partial charge in [0, 0.05) is 29.5 Å². The van der Waals surface area contributed by atoms with Crippen LogP contribution in [0.3, 0.4) is 0 Å². The maximum absolute atomic E-state index is 12.6. The molecule has 0 aliphatic rings. The van der Waals surface area contributed by atoms with Crippen LogP contribution in [0.4, 0.5) is 13.2 Å². The van der Waals surface area contributed by atoms with Gasteiger partial charge in [-0.2, -0.15) is 18.3 Å². The number of hydrogen-bond acceptors (Lipinski definition) is 3. The lowest BCUT2D eigenvalue weighted by Gasteiger charge is -2.16. The van der Waals surface area contributed by atoms with E-state index in [9.17, 15) is 21.6 Å². The number of nitrogens with zero attached hydrogens (tertiary/aromatic N) is 2. The first-order chi connectivity index (χ1) is 7.03. The zero-order valence-electron chi connectivity index (χ0n) is 8.29. The van der Waals surface area contributed by atoms with Crippen LogP contribution in [-0.2, 0) is 16.1 Å². The summed E-state index contributed by atoms with van der Waals surface area (Å²) >= 11 is 0. The van der Waals surface area contributed by atoms with Crippen molar-refractivity contribution in [2.45, 2.75) is 18.3 Å². The Labute approximate surface area is 94.4 Å². The van der Waals surface area contributed by atoms with Gasteiger partial charge in [-0.15, -0.1) is 0 Å². The van der Waals surface area contributed by atoms with E-state index in [1.54, 1.807) is 0 Å². The van der Waals surface area contributed by atoms with Crippen LogP contribution in [0, 0.1) is 6.92 Å². The zero-order chi connectivity index (χ0) is 12.7. The van der Waals surface area contributed by atoms with Crippen molar-refractivity contribution in [3.8, 4) is 0 Å². The molecule has 1 aromatic rings. The summed E-state index contributed by atoms with van der Waals surface area (Å²) in [6, 6.07) is 0. The molecule has 0 saturated carbocycles. The van der Waals surface area contributed by atoms with Crippen molar-refractivity contribution in [2.24, 2.45) is 7.05 Å². The third kappa shape index (κ3) is 2.67. The number of hydrogen-bond donors (Lipinski definition) is 0. The molecule has 16 heavy (non-hydrogen) atoms. The first kappa shape index (κ1) is 13.3. The van der Waals surface area contributed by atoms with Crippen molar-refractivity contribution in [1.82, 2.24) is 9.78 Å². The van der Waals surface area contributed by atoms with Crippen LogP contribution in [0.25, 0.3) is 0 Å². The highest BCUT2D eigenvalue weighted by Gasteiger charge is 2.50. The fourth-order valence-corrected chi connectivity index (χ4v) is 2.81.